The zero-order valence-electron chi connectivity index (χ0n) is 17.1. The highest BCUT2D eigenvalue weighted by Gasteiger charge is 2.38. The fourth-order valence-electron chi connectivity index (χ4n) is 3.62. The lowest BCUT2D eigenvalue weighted by molar-refractivity contribution is -0.273. The van der Waals surface area contributed by atoms with Crippen molar-refractivity contribution >= 4 is 0 Å². The van der Waals surface area contributed by atoms with Crippen molar-refractivity contribution in [3.05, 3.63) is 44.5 Å². The Bertz CT molecular complexity index is 1050. The molecular formula is C18H25N5O9. The van der Waals surface area contributed by atoms with E-state index in [1.807, 2.05) is 0 Å². The van der Waals surface area contributed by atoms with Gasteiger partial charge in [-0.1, -0.05) is 5.21 Å². The number of aromatic amines is 1. The second kappa shape index (κ2) is 9.19. The number of hydrogen-bond donors (Lipinski definition) is 5. The molecule has 0 bridgehead atoms. The number of aliphatic hydroxyl groups excluding tert-OH is 4. The minimum absolute atomic E-state index is 0.0761. The molecule has 0 amide bonds. The van der Waals surface area contributed by atoms with Crippen molar-refractivity contribution in [1.82, 2.24) is 24.5 Å². The summed E-state index contributed by atoms with van der Waals surface area (Å²) in [7, 11) is 0. The predicted octanol–water partition coefficient (Wildman–Crippen LogP) is -3.26. The minimum atomic E-state index is -1.41. The molecule has 32 heavy (non-hydrogen) atoms. The number of aromatic nitrogens is 5. The molecule has 0 aromatic carbocycles. The number of hydrogen-bond acceptors (Lipinski definition) is 11. The second-order valence-corrected chi connectivity index (χ2v) is 7.90. The fourth-order valence-corrected chi connectivity index (χ4v) is 3.62. The summed E-state index contributed by atoms with van der Waals surface area (Å²) in [5, 5.41) is 47.3. The van der Waals surface area contributed by atoms with Gasteiger partial charge in [0.05, 0.1) is 32.1 Å². The first kappa shape index (κ1) is 22.7. The van der Waals surface area contributed by atoms with Gasteiger partial charge in [-0.05, 0) is 6.92 Å². The van der Waals surface area contributed by atoms with Crippen LogP contribution in [0.25, 0.3) is 0 Å². The van der Waals surface area contributed by atoms with E-state index in [-0.39, 0.29) is 26.2 Å². The first-order valence-corrected chi connectivity index (χ1v) is 10.0. The summed E-state index contributed by atoms with van der Waals surface area (Å²) in [4.78, 5) is 25.8. The van der Waals surface area contributed by atoms with Crippen LogP contribution in [0.2, 0.25) is 0 Å². The molecule has 2 fully saturated rings. The molecule has 14 nitrogen and oxygen atoms in total. The highest BCUT2D eigenvalue weighted by Crippen LogP contribution is 2.28. The first-order valence-electron chi connectivity index (χ1n) is 10.0. The highest BCUT2D eigenvalue weighted by atomic mass is 16.7. The van der Waals surface area contributed by atoms with Gasteiger partial charge in [0.1, 0.15) is 36.3 Å². The molecule has 2 aliphatic rings. The first-order chi connectivity index (χ1) is 15.2. The van der Waals surface area contributed by atoms with Gasteiger partial charge in [-0.2, -0.15) is 0 Å². The number of ether oxygens (including phenoxy) is 3. The van der Waals surface area contributed by atoms with E-state index in [2.05, 4.69) is 15.3 Å². The average molecular weight is 455 g/mol. The number of aliphatic hydroxyl groups is 4. The van der Waals surface area contributed by atoms with Gasteiger partial charge >= 0.3 is 5.69 Å². The molecule has 4 heterocycles. The summed E-state index contributed by atoms with van der Waals surface area (Å²) < 4.78 is 19.0. The zero-order valence-corrected chi connectivity index (χ0v) is 17.1. The molecular weight excluding hydrogens is 430 g/mol. The monoisotopic (exact) mass is 455 g/mol. The largest absolute Gasteiger partial charge is 0.390 e. The quantitative estimate of drug-likeness (QED) is 0.293. The standard InChI is InChI=1S/C18H25N5O9/c1-8-3-23(18(29)19-16(8)28)13-2-10(24)12(32-13)5-22-4-9(20-21-22)6-30-17-15(27)14(26)11(25)7-31-17/h3-4,10-15,17,24-27H,2,5-7H2,1H3,(H,19,28,29)/t10-,11+,12+,13+,14-,15+,17-/m0/s1. The summed E-state index contributed by atoms with van der Waals surface area (Å²) in [6.07, 6.45) is -4.28. The number of rotatable bonds is 6. The lowest BCUT2D eigenvalue weighted by atomic mass is 10.1. The van der Waals surface area contributed by atoms with Crippen LogP contribution in [0.5, 0.6) is 0 Å². The molecule has 176 valence electrons. The van der Waals surface area contributed by atoms with Gasteiger partial charge in [0.15, 0.2) is 6.29 Å². The normalized spacial score (nSPS) is 33.0. The maximum Gasteiger partial charge on any atom is 0.330 e. The third-order valence-corrected chi connectivity index (χ3v) is 5.46. The topological polar surface area (TPSA) is 194 Å². The smallest absolute Gasteiger partial charge is 0.330 e. The van der Waals surface area contributed by atoms with Gasteiger partial charge in [-0.3, -0.25) is 14.3 Å². The average Bonchev–Trinajstić information content (AvgIpc) is 3.35. The summed E-state index contributed by atoms with van der Waals surface area (Å²) >= 11 is 0. The maximum absolute atomic E-state index is 12.1. The minimum Gasteiger partial charge on any atom is -0.390 e. The van der Waals surface area contributed by atoms with Crippen LogP contribution in [-0.4, -0.2) is 88.4 Å². The molecule has 2 aliphatic heterocycles. The second-order valence-electron chi connectivity index (χ2n) is 7.90. The van der Waals surface area contributed by atoms with E-state index >= 15 is 0 Å². The Kier molecular flexibility index (Phi) is 6.52. The predicted molar refractivity (Wildman–Crippen MR) is 103 cm³/mol. The van der Waals surface area contributed by atoms with Gasteiger partial charge in [0.25, 0.3) is 5.56 Å². The summed E-state index contributed by atoms with van der Waals surface area (Å²) in [6, 6.07) is 0. The van der Waals surface area contributed by atoms with Crippen LogP contribution in [0.1, 0.15) is 23.9 Å². The van der Waals surface area contributed by atoms with Gasteiger partial charge in [-0.15, -0.1) is 5.10 Å². The Morgan fingerprint density at radius 2 is 1.97 bits per heavy atom. The van der Waals surface area contributed by atoms with Crippen LogP contribution >= 0.6 is 0 Å². The lowest BCUT2D eigenvalue weighted by Gasteiger charge is -2.34. The molecule has 4 rings (SSSR count). The summed E-state index contributed by atoms with van der Waals surface area (Å²) in [5.74, 6) is 0. The van der Waals surface area contributed by atoms with Crippen LogP contribution in [0, 0.1) is 6.92 Å². The van der Waals surface area contributed by atoms with E-state index in [0.717, 1.165) is 0 Å². The Hall–Kier alpha value is -2.46. The third kappa shape index (κ3) is 4.66. The number of aryl methyl sites for hydroxylation is 1. The summed E-state index contributed by atoms with van der Waals surface area (Å²) in [5.41, 5.74) is -0.349. The Morgan fingerprint density at radius 1 is 1.19 bits per heavy atom. The van der Waals surface area contributed by atoms with Crippen LogP contribution in [0.3, 0.4) is 0 Å². The molecule has 2 aromatic heterocycles. The Morgan fingerprint density at radius 3 is 2.75 bits per heavy atom. The Balaban J connectivity index is 1.34. The number of nitrogens with one attached hydrogen (secondary N) is 1. The van der Waals surface area contributed by atoms with Gasteiger partial charge in [0, 0.05) is 18.2 Å². The van der Waals surface area contributed by atoms with Gasteiger partial charge in [0.2, 0.25) is 0 Å². The SMILES string of the molecule is Cc1cn([C@H]2C[C@H](O)[C@@H](Cn3cc(CO[C@H]4OC[C@@H](O)[C@H](O)[C@H]4O)nn3)O2)c(=O)[nH]c1=O. The van der Waals surface area contributed by atoms with Crippen molar-refractivity contribution in [2.75, 3.05) is 6.61 Å². The highest BCUT2D eigenvalue weighted by molar-refractivity contribution is 5.02. The molecule has 0 aliphatic carbocycles. The van der Waals surface area contributed by atoms with Gasteiger partial charge < -0.3 is 34.6 Å². The molecule has 0 spiro atoms. The molecule has 2 saturated heterocycles. The van der Waals surface area contributed by atoms with Crippen molar-refractivity contribution in [2.45, 2.75) is 69.5 Å². The van der Waals surface area contributed by atoms with Crippen LogP contribution in [-0.2, 0) is 27.4 Å². The van der Waals surface area contributed by atoms with E-state index < -0.39 is 54.3 Å². The van der Waals surface area contributed by atoms with Crippen molar-refractivity contribution in [3.8, 4) is 0 Å². The van der Waals surface area contributed by atoms with E-state index in [1.54, 1.807) is 13.1 Å². The number of H-pyrrole nitrogens is 1. The van der Waals surface area contributed by atoms with Crippen LogP contribution in [0.15, 0.2) is 22.0 Å². The molecule has 0 radical (unpaired) electrons. The molecule has 14 heteroatoms. The van der Waals surface area contributed by atoms with Crippen LogP contribution in [0.4, 0.5) is 0 Å². The molecule has 5 N–H and O–H groups in total. The number of nitrogens with zero attached hydrogens (tertiary/aromatic N) is 4. The van der Waals surface area contributed by atoms with Crippen molar-refractivity contribution in [3.63, 3.8) is 0 Å². The summed E-state index contributed by atoms with van der Waals surface area (Å²) in [6.45, 7) is 1.46. The molecule has 0 unspecified atom stereocenters. The van der Waals surface area contributed by atoms with Crippen molar-refractivity contribution < 1.29 is 34.6 Å². The maximum atomic E-state index is 12.1. The van der Waals surface area contributed by atoms with Crippen molar-refractivity contribution in [2.24, 2.45) is 0 Å². The Labute approximate surface area is 180 Å². The van der Waals surface area contributed by atoms with Crippen LogP contribution < -0.4 is 11.2 Å². The van der Waals surface area contributed by atoms with Gasteiger partial charge in [-0.25, -0.2) is 9.48 Å². The van der Waals surface area contributed by atoms with E-state index in [0.29, 0.717) is 11.3 Å². The molecule has 2 aromatic rings. The third-order valence-electron chi connectivity index (χ3n) is 5.46. The lowest BCUT2D eigenvalue weighted by Crippen LogP contribution is -2.53. The van der Waals surface area contributed by atoms with E-state index in [1.165, 1.54) is 15.4 Å². The fraction of sp³-hybridized carbons (Fsp3) is 0.667. The van der Waals surface area contributed by atoms with E-state index in [9.17, 15) is 30.0 Å². The van der Waals surface area contributed by atoms with Crippen molar-refractivity contribution in [1.29, 1.82) is 0 Å². The molecule has 0 saturated carbocycles. The molecule has 7 atom stereocenters. The van der Waals surface area contributed by atoms with E-state index in [4.69, 9.17) is 14.2 Å². The zero-order chi connectivity index (χ0) is 23.0.